The molecule has 8 nitrogen and oxygen atoms in total. The van der Waals surface area contributed by atoms with Crippen molar-refractivity contribution in [3.05, 3.63) is 56.7 Å². The lowest BCUT2D eigenvalue weighted by Gasteiger charge is -2.16. The summed E-state index contributed by atoms with van der Waals surface area (Å²) in [5.41, 5.74) is 4.76. The highest BCUT2D eigenvalue weighted by molar-refractivity contribution is 7.89. The number of nitrogen functional groups attached to an aromatic ring is 1. The summed E-state index contributed by atoms with van der Waals surface area (Å²) in [6.07, 6.45) is 0. The molecule has 0 aliphatic rings. The van der Waals surface area contributed by atoms with E-state index in [1.54, 1.807) is 31.2 Å². The maximum Gasteiger partial charge on any atom is 0.332 e. The third-order valence-corrected chi connectivity index (χ3v) is 5.15. The Balaban J connectivity index is 2.54. The molecule has 2 aromatic rings. The number of nitrogens with zero attached hydrogens (tertiary/aromatic N) is 2. The van der Waals surface area contributed by atoms with Gasteiger partial charge in [0.15, 0.2) is 4.90 Å². The molecule has 0 radical (unpaired) electrons. The summed E-state index contributed by atoms with van der Waals surface area (Å²) in [4.78, 5) is 23.3. The molecule has 0 saturated heterocycles. The van der Waals surface area contributed by atoms with Gasteiger partial charge >= 0.3 is 5.69 Å². The molecule has 0 saturated carbocycles. The van der Waals surface area contributed by atoms with Gasteiger partial charge in [0, 0.05) is 20.1 Å². The molecule has 2 rings (SSSR count). The standard InChI is InChI=1S/C14H18N4O4S/c1-9(10-7-5-4-6-8-10)16-23(21,22)11-12(15)17(2)14(20)18(3)13(11)19/h4-9,16H,15H2,1-3H3/t9-/m1/s1. The number of sulfonamides is 1. The van der Waals surface area contributed by atoms with Gasteiger partial charge < -0.3 is 5.73 Å². The summed E-state index contributed by atoms with van der Waals surface area (Å²) in [5.74, 6) is -0.397. The lowest BCUT2D eigenvalue weighted by atomic mass is 10.1. The number of rotatable bonds is 4. The zero-order chi connectivity index (χ0) is 17.4. The van der Waals surface area contributed by atoms with Crippen molar-refractivity contribution in [3.8, 4) is 0 Å². The second kappa shape index (κ2) is 6.01. The first kappa shape index (κ1) is 17.0. The molecule has 0 amide bonds. The van der Waals surface area contributed by atoms with Crippen LogP contribution in [0.4, 0.5) is 5.82 Å². The molecular weight excluding hydrogens is 320 g/mol. The van der Waals surface area contributed by atoms with Crippen molar-refractivity contribution >= 4 is 15.8 Å². The van der Waals surface area contributed by atoms with Crippen molar-refractivity contribution in [2.24, 2.45) is 14.1 Å². The van der Waals surface area contributed by atoms with Crippen molar-refractivity contribution in [2.75, 3.05) is 5.73 Å². The fourth-order valence-electron chi connectivity index (χ4n) is 2.18. The number of benzene rings is 1. The molecule has 0 fully saturated rings. The van der Waals surface area contributed by atoms with Crippen LogP contribution in [0.25, 0.3) is 0 Å². The number of anilines is 1. The molecule has 0 aliphatic heterocycles. The van der Waals surface area contributed by atoms with Gasteiger partial charge in [-0.2, -0.15) is 0 Å². The normalized spacial score (nSPS) is 13.0. The van der Waals surface area contributed by atoms with Crippen LogP contribution >= 0.6 is 0 Å². The molecule has 1 atom stereocenters. The van der Waals surface area contributed by atoms with E-state index in [4.69, 9.17) is 5.73 Å². The molecule has 0 spiro atoms. The maximum atomic E-state index is 12.6. The largest absolute Gasteiger partial charge is 0.384 e. The van der Waals surface area contributed by atoms with Gasteiger partial charge in [-0.3, -0.25) is 13.9 Å². The van der Waals surface area contributed by atoms with Crippen molar-refractivity contribution in [3.63, 3.8) is 0 Å². The molecule has 23 heavy (non-hydrogen) atoms. The Hall–Kier alpha value is -2.39. The van der Waals surface area contributed by atoms with E-state index in [1.165, 1.54) is 14.1 Å². The van der Waals surface area contributed by atoms with E-state index in [0.29, 0.717) is 4.57 Å². The van der Waals surface area contributed by atoms with Crippen LogP contribution < -0.4 is 21.7 Å². The van der Waals surface area contributed by atoms with Crippen LogP contribution in [0.15, 0.2) is 44.8 Å². The van der Waals surface area contributed by atoms with E-state index in [1.807, 2.05) is 6.07 Å². The minimum Gasteiger partial charge on any atom is -0.384 e. The minimum atomic E-state index is -4.20. The molecule has 0 unspecified atom stereocenters. The van der Waals surface area contributed by atoms with E-state index in [2.05, 4.69) is 4.72 Å². The lowest BCUT2D eigenvalue weighted by molar-refractivity contribution is 0.559. The van der Waals surface area contributed by atoms with Gasteiger partial charge in [-0.15, -0.1) is 0 Å². The number of hydrogen-bond donors (Lipinski definition) is 2. The average molecular weight is 338 g/mol. The molecule has 124 valence electrons. The van der Waals surface area contributed by atoms with Crippen LogP contribution in [0.2, 0.25) is 0 Å². The third kappa shape index (κ3) is 3.06. The van der Waals surface area contributed by atoms with Crippen LogP contribution in [0.1, 0.15) is 18.5 Å². The van der Waals surface area contributed by atoms with Crippen molar-refractivity contribution in [1.82, 2.24) is 13.9 Å². The fourth-order valence-corrected chi connectivity index (χ4v) is 3.68. The Labute approximate surface area is 133 Å². The van der Waals surface area contributed by atoms with Crippen LogP contribution in [0.5, 0.6) is 0 Å². The SMILES string of the molecule is C[C@@H](NS(=O)(=O)c1c(N)n(C)c(=O)n(C)c1=O)c1ccccc1. The van der Waals surface area contributed by atoms with E-state index in [-0.39, 0.29) is 0 Å². The first-order chi connectivity index (χ1) is 10.7. The third-order valence-electron chi connectivity index (χ3n) is 3.57. The van der Waals surface area contributed by atoms with Gasteiger partial charge in [0.1, 0.15) is 5.82 Å². The summed E-state index contributed by atoms with van der Waals surface area (Å²) < 4.78 is 29.1. The number of aromatic nitrogens is 2. The Morgan fingerprint density at radius 3 is 2.22 bits per heavy atom. The van der Waals surface area contributed by atoms with Crippen LogP contribution in [-0.4, -0.2) is 17.6 Å². The van der Waals surface area contributed by atoms with Gasteiger partial charge in [-0.1, -0.05) is 30.3 Å². The van der Waals surface area contributed by atoms with Gasteiger partial charge in [0.05, 0.1) is 0 Å². The predicted molar refractivity (Wildman–Crippen MR) is 86.5 cm³/mol. The summed E-state index contributed by atoms with van der Waals surface area (Å²) in [5, 5.41) is 0. The summed E-state index contributed by atoms with van der Waals surface area (Å²) in [6.45, 7) is 1.65. The summed E-state index contributed by atoms with van der Waals surface area (Å²) in [6, 6.07) is 8.32. The molecule has 0 bridgehead atoms. The molecule has 0 aliphatic carbocycles. The van der Waals surface area contributed by atoms with Crippen LogP contribution in [-0.2, 0) is 24.1 Å². The molecule has 1 aromatic heterocycles. The van der Waals surface area contributed by atoms with Gasteiger partial charge in [0.2, 0.25) is 10.0 Å². The van der Waals surface area contributed by atoms with Gasteiger partial charge in [0.25, 0.3) is 5.56 Å². The lowest BCUT2D eigenvalue weighted by Crippen LogP contribution is -2.43. The highest BCUT2D eigenvalue weighted by atomic mass is 32.2. The topological polar surface area (TPSA) is 116 Å². The quantitative estimate of drug-likeness (QED) is 0.794. The number of nitrogens with one attached hydrogen (secondary N) is 1. The summed E-state index contributed by atoms with van der Waals surface area (Å²) in [7, 11) is -1.70. The average Bonchev–Trinajstić information content (AvgIpc) is 2.51. The second-order valence-electron chi connectivity index (χ2n) is 5.17. The zero-order valence-electron chi connectivity index (χ0n) is 13.0. The Morgan fingerprint density at radius 1 is 1.09 bits per heavy atom. The van der Waals surface area contributed by atoms with Gasteiger partial charge in [-0.25, -0.2) is 17.9 Å². The number of hydrogen-bond acceptors (Lipinski definition) is 5. The molecular formula is C14H18N4O4S. The first-order valence-electron chi connectivity index (χ1n) is 6.79. The Kier molecular flexibility index (Phi) is 4.44. The van der Waals surface area contributed by atoms with E-state index >= 15 is 0 Å². The molecule has 3 N–H and O–H groups in total. The van der Waals surface area contributed by atoms with Gasteiger partial charge in [-0.05, 0) is 12.5 Å². The maximum absolute atomic E-state index is 12.6. The molecule has 9 heteroatoms. The summed E-state index contributed by atoms with van der Waals surface area (Å²) >= 11 is 0. The molecule has 1 heterocycles. The Morgan fingerprint density at radius 2 is 1.65 bits per heavy atom. The minimum absolute atomic E-state index is 0.397. The van der Waals surface area contributed by atoms with E-state index in [0.717, 1.165) is 10.1 Å². The highest BCUT2D eigenvalue weighted by Crippen LogP contribution is 2.17. The fraction of sp³-hybridized carbons (Fsp3) is 0.286. The Bertz CT molecular complexity index is 945. The molecule has 1 aromatic carbocycles. The predicted octanol–water partition coefficient (Wildman–Crippen LogP) is -0.294. The zero-order valence-corrected chi connectivity index (χ0v) is 13.8. The first-order valence-corrected chi connectivity index (χ1v) is 8.28. The van der Waals surface area contributed by atoms with Crippen LogP contribution in [0, 0.1) is 0 Å². The van der Waals surface area contributed by atoms with Crippen molar-refractivity contribution < 1.29 is 8.42 Å². The highest BCUT2D eigenvalue weighted by Gasteiger charge is 2.27. The smallest absolute Gasteiger partial charge is 0.332 e. The van der Waals surface area contributed by atoms with Crippen LogP contribution in [0.3, 0.4) is 0 Å². The van der Waals surface area contributed by atoms with E-state index in [9.17, 15) is 18.0 Å². The monoisotopic (exact) mass is 338 g/mol. The second-order valence-corrected chi connectivity index (χ2v) is 6.82. The van der Waals surface area contributed by atoms with Crippen molar-refractivity contribution in [2.45, 2.75) is 17.9 Å². The van der Waals surface area contributed by atoms with Crippen molar-refractivity contribution in [1.29, 1.82) is 0 Å². The number of nitrogens with two attached hydrogens (primary N) is 1. The van der Waals surface area contributed by atoms with E-state index < -0.39 is 38.0 Å².